The highest BCUT2D eigenvalue weighted by atomic mass is 16.6. The zero-order valence-electron chi connectivity index (χ0n) is 9.68. The predicted octanol–water partition coefficient (Wildman–Crippen LogP) is 0.520. The van der Waals surface area contributed by atoms with Crippen LogP contribution in [-0.4, -0.2) is 50.7 Å². The van der Waals surface area contributed by atoms with E-state index in [1.807, 2.05) is 0 Å². The number of epoxide rings is 1. The molecule has 1 heterocycles. The molecule has 1 atom stereocenters. The lowest BCUT2D eigenvalue weighted by Crippen LogP contribution is -2.02. The molecule has 1 saturated heterocycles. The highest BCUT2D eigenvalue weighted by Crippen LogP contribution is 2.08. The Balaban J connectivity index is 0.000000325. The Labute approximate surface area is 96.0 Å². The van der Waals surface area contributed by atoms with Gasteiger partial charge in [-0.25, -0.2) is 4.79 Å². The largest absolute Gasteiger partial charge is 0.466 e. The van der Waals surface area contributed by atoms with Crippen LogP contribution in [-0.2, 0) is 19.0 Å². The Morgan fingerprint density at radius 1 is 1.62 bits per heavy atom. The zero-order valence-corrected chi connectivity index (χ0v) is 9.68. The molecule has 94 valence electrons. The molecule has 0 aromatic heterocycles. The van der Waals surface area contributed by atoms with E-state index >= 15 is 0 Å². The molecule has 0 bridgehead atoms. The number of esters is 1. The standard InChI is InChI=1S/C7H14O3.C4H6O2/c8-3-1-2-4-9-5-7-6-10-7;1-3-4(5)6-2/h7-8H,1-6H2;3H,1H2,2H3. The second-order valence-electron chi connectivity index (χ2n) is 3.19. The van der Waals surface area contributed by atoms with Crippen molar-refractivity contribution >= 4 is 5.97 Å². The van der Waals surface area contributed by atoms with E-state index in [1.54, 1.807) is 0 Å². The fourth-order valence-electron chi connectivity index (χ4n) is 0.778. The van der Waals surface area contributed by atoms with Gasteiger partial charge in [0.1, 0.15) is 6.10 Å². The molecule has 0 aromatic rings. The minimum atomic E-state index is -0.394. The molecule has 0 saturated carbocycles. The minimum Gasteiger partial charge on any atom is -0.466 e. The third-order valence-electron chi connectivity index (χ3n) is 1.77. The molecular formula is C11H20O5. The summed E-state index contributed by atoms with van der Waals surface area (Å²) in [5.74, 6) is -0.394. The Bertz CT molecular complexity index is 189. The molecule has 16 heavy (non-hydrogen) atoms. The maximum atomic E-state index is 9.84. The number of ether oxygens (including phenoxy) is 3. The van der Waals surface area contributed by atoms with E-state index in [9.17, 15) is 4.79 Å². The van der Waals surface area contributed by atoms with Gasteiger partial charge in [-0.1, -0.05) is 6.58 Å². The summed E-state index contributed by atoms with van der Waals surface area (Å²) in [6.45, 7) is 5.76. The van der Waals surface area contributed by atoms with E-state index < -0.39 is 5.97 Å². The van der Waals surface area contributed by atoms with Gasteiger partial charge in [-0.2, -0.15) is 0 Å². The number of aliphatic hydroxyl groups excluding tert-OH is 1. The van der Waals surface area contributed by atoms with Gasteiger partial charge < -0.3 is 19.3 Å². The van der Waals surface area contributed by atoms with Crippen LogP contribution >= 0.6 is 0 Å². The van der Waals surface area contributed by atoms with E-state index in [0.29, 0.717) is 6.10 Å². The van der Waals surface area contributed by atoms with Crippen molar-refractivity contribution in [3.63, 3.8) is 0 Å². The van der Waals surface area contributed by atoms with E-state index in [-0.39, 0.29) is 6.61 Å². The minimum absolute atomic E-state index is 0.267. The van der Waals surface area contributed by atoms with Gasteiger partial charge in [-0.05, 0) is 12.8 Å². The Morgan fingerprint density at radius 2 is 2.31 bits per heavy atom. The average molecular weight is 232 g/mol. The van der Waals surface area contributed by atoms with E-state index in [4.69, 9.17) is 14.6 Å². The first kappa shape index (κ1) is 15.1. The third kappa shape index (κ3) is 11.2. The van der Waals surface area contributed by atoms with Gasteiger partial charge in [0, 0.05) is 19.3 Å². The van der Waals surface area contributed by atoms with Crippen molar-refractivity contribution in [3.8, 4) is 0 Å². The molecule has 1 rings (SSSR count). The van der Waals surface area contributed by atoms with Crippen molar-refractivity contribution in [1.82, 2.24) is 0 Å². The number of hydrogen-bond acceptors (Lipinski definition) is 5. The van der Waals surface area contributed by atoms with Crippen molar-refractivity contribution in [2.24, 2.45) is 0 Å². The molecule has 1 aliphatic heterocycles. The van der Waals surface area contributed by atoms with Gasteiger partial charge in [0.2, 0.25) is 0 Å². The monoisotopic (exact) mass is 232 g/mol. The first-order chi connectivity index (χ1) is 7.74. The van der Waals surface area contributed by atoms with Crippen LogP contribution < -0.4 is 0 Å². The molecule has 5 heteroatoms. The molecular weight excluding hydrogens is 212 g/mol. The lowest BCUT2D eigenvalue weighted by atomic mass is 10.3. The van der Waals surface area contributed by atoms with Crippen LogP contribution in [0, 0.1) is 0 Å². The van der Waals surface area contributed by atoms with Gasteiger partial charge in [0.05, 0.1) is 20.3 Å². The van der Waals surface area contributed by atoms with E-state index in [2.05, 4.69) is 11.3 Å². The number of rotatable bonds is 7. The van der Waals surface area contributed by atoms with Gasteiger partial charge in [-0.15, -0.1) is 0 Å². The summed E-state index contributed by atoms with van der Waals surface area (Å²) in [5, 5.41) is 8.41. The van der Waals surface area contributed by atoms with Gasteiger partial charge in [0.15, 0.2) is 0 Å². The van der Waals surface area contributed by atoms with Crippen LogP contribution in [0.2, 0.25) is 0 Å². The number of carbonyl (C=O) groups is 1. The number of aliphatic hydroxyl groups is 1. The van der Waals surface area contributed by atoms with Crippen LogP contribution in [0.25, 0.3) is 0 Å². The summed E-state index contributed by atoms with van der Waals surface area (Å²) in [4.78, 5) is 9.84. The Morgan fingerprint density at radius 3 is 2.69 bits per heavy atom. The predicted molar refractivity (Wildman–Crippen MR) is 59.1 cm³/mol. The molecule has 1 N–H and O–H groups in total. The average Bonchev–Trinajstić information content (AvgIpc) is 3.12. The van der Waals surface area contributed by atoms with Crippen molar-refractivity contribution < 1.29 is 24.1 Å². The SMILES string of the molecule is C=CC(=O)OC.OCCCCOCC1CO1. The molecule has 0 radical (unpaired) electrons. The topological polar surface area (TPSA) is 68.3 Å². The van der Waals surface area contributed by atoms with Crippen LogP contribution in [0.3, 0.4) is 0 Å². The fraction of sp³-hybridized carbons (Fsp3) is 0.727. The molecule has 1 unspecified atom stereocenters. The van der Waals surface area contributed by atoms with E-state index in [0.717, 1.165) is 38.7 Å². The first-order valence-electron chi connectivity index (χ1n) is 5.25. The number of methoxy groups -OCH3 is 1. The van der Waals surface area contributed by atoms with Crippen LogP contribution in [0.1, 0.15) is 12.8 Å². The maximum Gasteiger partial charge on any atom is 0.329 e. The Kier molecular flexibility index (Phi) is 10.00. The van der Waals surface area contributed by atoms with Crippen LogP contribution in [0.4, 0.5) is 0 Å². The number of hydrogen-bond donors (Lipinski definition) is 1. The summed E-state index contributed by atoms with van der Waals surface area (Å²) < 4.78 is 14.3. The summed E-state index contributed by atoms with van der Waals surface area (Å²) in [7, 11) is 1.31. The second kappa shape index (κ2) is 10.6. The molecule has 0 aliphatic carbocycles. The summed E-state index contributed by atoms with van der Waals surface area (Å²) in [6.07, 6.45) is 3.27. The molecule has 0 aromatic carbocycles. The normalized spacial score (nSPS) is 17.0. The Hall–Kier alpha value is -0.910. The maximum absolute atomic E-state index is 9.84. The lowest BCUT2D eigenvalue weighted by Gasteiger charge is -1.99. The first-order valence-corrected chi connectivity index (χ1v) is 5.25. The third-order valence-corrected chi connectivity index (χ3v) is 1.77. The highest BCUT2D eigenvalue weighted by Gasteiger charge is 2.21. The van der Waals surface area contributed by atoms with Crippen molar-refractivity contribution in [2.75, 3.05) is 33.5 Å². The second-order valence-corrected chi connectivity index (χ2v) is 3.19. The highest BCUT2D eigenvalue weighted by molar-refractivity contribution is 5.80. The van der Waals surface area contributed by atoms with Crippen LogP contribution in [0.15, 0.2) is 12.7 Å². The van der Waals surface area contributed by atoms with Gasteiger partial charge in [-0.3, -0.25) is 0 Å². The molecule has 0 amide bonds. The summed E-state index contributed by atoms with van der Waals surface area (Å²) in [5.41, 5.74) is 0. The number of carbonyl (C=O) groups excluding carboxylic acids is 1. The van der Waals surface area contributed by atoms with Gasteiger partial charge in [0.25, 0.3) is 0 Å². The molecule has 5 nitrogen and oxygen atoms in total. The molecule has 1 fully saturated rings. The lowest BCUT2D eigenvalue weighted by molar-refractivity contribution is -0.134. The number of unbranched alkanes of at least 4 members (excludes halogenated alkanes) is 1. The zero-order chi connectivity index (χ0) is 12.2. The van der Waals surface area contributed by atoms with E-state index in [1.165, 1.54) is 7.11 Å². The summed E-state index contributed by atoms with van der Waals surface area (Å²) >= 11 is 0. The quantitative estimate of drug-likeness (QED) is 0.300. The smallest absolute Gasteiger partial charge is 0.329 e. The van der Waals surface area contributed by atoms with Crippen molar-refractivity contribution in [1.29, 1.82) is 0 Å². The van der Waals surface area contributed by atoms with Gasteiger partial charge >= 0.3 is 5.97 Å². The van der Waals surface area contributed by atoms with Crippen molar-refractivity contribution in [2.45, 2.75) is 18.9 Å². The molecule has 1 aliphatic rings. The van der Waals surface area contributed by atoms with Crippen LogP contribution in [0.5, 0.6) is 0 Å². The fourth-order valence-corrected chi connectivity index (χ4v) is 0.778. The van der Waals surface area contributed by atoms with Crippen molar-refractivity contribution in [3.05, 3.63) is 12.7 Å². The molecule has 0 spiro atoms. The summed E-state index contributed by atoms with van der Waals surface area (Å²) in [6, 6.07) is 0.